The Balaban J connectivity index is 2.78. The molecule has 0 N–H and O–H groups in total. The van der Waals surface area contributed by atoms with Crippen molar-refractivity contribution < 1.29 is 9.47 Å². The van der Waals surface area contributed by atoms with Crippen LogP contribution < -0.4 is 4.74 Å². The molecular weight excluding hydrogens is 164 g/mol. The first kappa shape index (κ1) is 10.1. The van der Waals surface area contributed by atoms with Gasteiger partial charge in [-0.25, -0.2) is 0 Å². The fourth-order valence-corrected chi connectivity index (χ4v) is 1.36. The molecule has 0 unspecified atom stereocenters. The van der Waals surface area contributed by atoms with Gasteiger partial charge in [0, 0.05) is 7.11 Å². The van der Waals surface area contributed by atoms with E-state index in [1.807, 2.05) is 24.3 Å². The van der Waals surface area contributed by atoms with Gasteiger partial charge in [-0.2, -0.15) is 0 Å². The molecule has 0 radical (unpaired) electrons. The maximum absolute atomic E-state index is 5.32. The summed E-state index contributed by atoms with van der Waals surface area (Å²) < 4.78 is 10.4. The highest BCUT2D eigenvalue weighted by Gasteiger charge is 2.06. The Hall–Kier alpha value is -1.02. The van der Waals surface area contributed by atoms with Gasteiger partial charge in [0.1, 0.15) is 5.75 Å². The Labute approximate surface area is 79.5 Å². The molecule has 0 amide bonds. The molecule has 0 bridgehead atoms. The second-order valence-corrected chi connectivity index (χ2v) is 2.91. The normalized spacial score (nSPS) is 12.5. The molecule has 0 saturated carbocycles. The van der Waals surface area contributed by atoms with Crippen LogP contribution in [0.2, 0.25) is 0 Å². The molecule has 0 fully saturated rings. The molecule has 0 saturated heterocycles. The maximum Gasteiger partial charge on any atom is 0.118 e. The molecule has 2 nitrogen and oxygen atoms in total. The van der Waals surface area contributed by atoms with Crippen molar-refractivity contribution in [3.63, 3.8) is 0 Å². The first-order valence-corrected chi connectivity index (χ1v) is 4.48. The van der Waals surface area contributed by atoms with E-state index in [4.69, 9.17) is 9.47 Å². The minimum Gasteiger partial charge on any atom is -0.497 e. The molecule has 0 aliphatic rings. The molecule has 1 rings (SSSR count). The van der Waals surface area contributed by atoms with Crippen LogP contribution in [0.5, 0.6) is 5.75 Å². The Bertz CT molecular complexity index is 237. The number of rotatable bonds is 4. The minimum atomic E-state index is 0.200. The number of hydrogen-bond donors (Lipinski definition) is 0. The van der Waals surface area contributed by atoms with Crippen molar-refractivity contribution in [2.45, 2.75) is 19.4 Å². The standard InChI is InChI=1S/C11H16O2/c1-4-11(13-3)9-5-7-10(12-2)8-6-9/h5-8,11H,4H2,1-3H3/t11-/m1/s1. The van der Waals surface area contributed by atoms with Gasteiger partial charge in [-0.05, 0) is 24.1 Å². The fourth-order valence-electron chi connectivity index (χ4n) is 1.36. The van der Waals surface area contributed by atoms with Gasteiger partial charge in [-0.3, -0.25) is 0 Å². The van der Waals surface area contributed by atoms with Crippen LogP contribution in [0.25, 0.3) is 0 Å². The van der Waals surface area contributed by atoms with Crippen molar-refractivity contribution in [2.24, 2.45) is 0 Å². The number of ether oxygens (including phenoxy) is 2. The van der Waals surface area contributed by atoms with Crippen LogP contribution in [0.3, 0.4) is 0 Å². The van der Waals surface area contributed by atoms with Crippen molar-refractivity contribution in [3.8, 4) is 5.75 Å². The van der Waals surface area contributed by atoms with E-state index >= 15 is 0 Å². The molecule has 1 atom stereocenters. The smallest absolute Gasteiger partial charge is 0.118 e. The number of methoxy groups -OCH3 is 2. The topological polar surface area (TPSA) is 18.5 Å². The third-order valence-corrected chi connectivity index (χ3v) is 2.14. The van der Waals surface area contributed by atoms with Gasteiger partial charge in [0.25, 0.3) is 0 Å². The summed E-state index contributed by atoms with van der Waals surface area (Å²) in [6, 6.07) is 7.99. The summed E-state index contributed by atoms with van der Waals surface area (Å²) in [6.45, 7) is 2.11. The summed E-state index contributed by atoms with van der Waals surface area (Å²) in [5.41, 5.74) is 1.20. The van der Waals surface area contributed by atoms with Crippen LogP contribution in [-0.2, 0) is 4.74 Å². The van der Waals surface area contributed by atoms with Crippen LogP contribution in [-0.4, -0.2) is 14.2 Å². The summed E-state index contributed by atoms with van der Waals surface area (Å²) in [6.07, 6.45) is 1.19. The van der Waals surface area contributed by atoms with Crippen molar-refractivity contribution in [1.82, 2.24) is 0 Å². The predicted molar refractivity (Wildman–Crippen MR) is 53.0 cm³/mol. The lowest BCUT2D eigenvalue weighted by molar-refractivity contribution is 0.1000. The highest BCUT2D eigenvalue weighted by atomic mass is 16.5. The van der Waals surface area contributed by atoms with Gasteiger partial charge in [-0.15, -0.1) is 0 Å². The Kier molecular flexibility index (Phi) is 3.77. The van der Waals surface area contributed by atoms with Gasteiger partial charge < -0.3 is 9.47 Å². The first-order chi connectivity index (χ1) is 6.31. The third-order valence-electron chi connectivity index (χ3n) is 2.14. The molecule has 0 aliphatic carbocycles. The summed E-state index contributed by atoms with van der Waals surface area (Å²) in [4.78, 5) is 0. The van der Waals surface area contributed by atoms with E-state index < -0.39 is 0 Å². The average molecular weight is 180 g/mol. The van der Waals surface area contributed by atoms with E-state index in [2.05, 4.69) is 6.92 Å². The molecule has 72 valence electrons. The van der Waals surface area contributed by atoms with Gasteiger partial charge in [-0.1, -0.05) is 19.1 Å². The van der Waals surface area contributed by atoms with Crippen molar-refractivity contribution in [2.75, 3.05) is 14.2 Å². The zero-order chi connectivity index (χ0) is 9.68. The molecule has 1 aromatic carbocycles. The lowest BCUT2D eigenvalue weighted by atomic mass is 10.1. The van der Waals surface area contributed by atoms with Crippen LogP contribution in [0, 0.1) is 0 Å². The second-order valence-electron chi connectivity index (χ2n) is 2.91. The monoisotopic (exact) mass is 180 g/mol. The van der Waals surface area contributed by atoms with Crippen LogP contribution >= 0.6 is 0 Å². The highest BCUT2D eigenvalue weighted by molar-refractivity contribution is 5.28. The summed E-state index contributed by atoms with van der Waals surface area (Å²) in [7, 11) is 3.40. The van der Waals surface area contributed by atoms with E-state index in [1.165, 1.54) is 5.56 Å². The van der Waals surface area contributed by atoms with E-state index in [0.29, 0.717) is 0 Å². The molecule has 0 aromatic heterocycles. The lowest BCUT2D eigenvalue weighted by Gasteiger charge is -2.13. The molecule has 0 aliphatic heterocycles. The molecule has 1 aromatic rings. The van der Waals surface area contributed by atoms with Gasteiger partial charge >= 0.3 is 0 Å². The van der Waals surface area contributed by atoms with E-state index in [0.717, 1.165) is 12.2 Å². The largest absolute Gasteiger partial charge is 0.497 e. The molecule has 0 heterocycles. The van der Waals surface area contributed by atoms with E-state index in [1.54, 1.807) is 14.2 Å². The minimum absolute atomic E-state index is 0.200. The molecular formula is C11H16O2. The molecule has 0 spiro atoms. The Morgan fingerprint density at radius 3 is 2.15 bits per heavy atom. The highest BCUT2D eigenvalue weighted by Crippen LogP contribution is 2.22. The summed E-state index contributed by atoms with van der Waals surface area (Å²) in [5, 5.41) is 0. The summed E-state index contributed by atoms with van der Waals surface area (Å²) >= 11 is 0. The SMILES string of the molecule is CC[C@@H](OC)c1ccc(OC)cc1. The fraction of sp³-hybridized carbons (Fsp3) is 0.455. The van der Waals surface area contributed by atoms with Crippen molar-refractivity contribution in [1.29, 1.82) is 0 Å². The Morgan fingerprint density at radius 1 is 1.15 bits per heavy atom. The second kappa shape index (κ2) is 4.87. The lowest BCUT2D eigenvalue weighted by Crippen LogP contribution is -1.99. The van der Waals surface area contributed by atoms with E-state index in [-0.39, 0.29) is 6.10 Å². The average Bonchev–Trinajstić information content (AvgIpc) is 2.21. The zero-order valence-electron chi connectivity index (χ0n) is 8.41. The van der Waals surface area contributed by atoms with Gasteiger partial charge in [0.2, 0.25) is 0 Å². The van der Waals surface area contributed by atoms with Crippen LogP contribution in [0.15, 0.2) is 24.3 Å². The van der Waals surface area contributed by atoms with Crippen LogP contribution in [0.1, 0.15) is 25.0 Å². The first-order valence-electron chi connectivity index (χ1n) is 4.48. The van der Waals surface area contributed by atoms with Gasteiger partial charge in [0.05, 0.1) is 13.2 Å². The Morgan fingerprint density at radius 2 is 1.77 bits per heavy atom. The number of benzene rings is 1. The van der Waals surface area contributed by atoms with Crippen molar-refractivity contribution in [3.05, 3.63) is 29.8 Å². The number of hydrogen-bond acceptors (Lipinski definition) is 2. The summed E-state index contributed by atoms with van der Waals surface area (Å²) in [5.74, 6) is 0.884. The van der Waals surface area contributed by atoms with Gasteiger partial charge in [0.15, 0.2) is 0 Å². The molecule has 13 heavy (non-hydrogen) atoms. The molecule has 2 heteroatoms. The zero-order valence-corrected chi connectivity index (χ0v) is 8.41. The maximum atomic E-state index is 5.32. The van der Waals surface area contributed by atoms with Crippen molar-refractivity contribution >= 4 is 0 Å². The van der Waals surface area contributed by atoms with E-state index in [9.17, 15) is 0 Å². The van der Waals surface area contributed by atoms with Crippen LogP contribution in [0.4, 0.5) is 0 Å². The quantitative estimate of drug-likeness (QED) is 0.709. The third kappa shape index (κ3) is 2.46. The predicted octanol–water partition coefficient (Wildman–Crippen LogP) is 2.79.